The van der Waals surface area contributed by atoms with Gasteiger partial charge in [-0.05, 0) is 37.8 Å². The minimum absolute atomic E-state index is 0.126. The van der Waals surface area contributed by atoms with E-state index in [2.05, 4.69) is 14.6 Å². The molecule has 2 aromatic heterocycles. The van der Waals surface area contributed by atoms with Crippen molar-refractivity contribution in [2.45, 2.75) is 49.8 Å². The minimum atomic E-state index is -3.29. The Hall–Kier alpha value is -1.60. The molecule has 24 heavy (non-hydrogen) atoms. The summed E-state index contributed by atoms with van der Waals surface area (Å²) in [6.45, 7) is 1.31. The van der Waals surface area contributed by atoms with Gasteiger partial charge in [-0.3, -0.25) is 0 Å². The van der Waals surface area contributed by atoms with Crippen LogP contribution in [0, 0.1) is 0 Å². The summed E-state index contributed by atoms with van der Waals surface area (Å²) in [6, 6.07) is 3.85. The van der Waals surface area contributed by atoms with Crippen molar-refractivity contribution in [3.8, 4) is 0 Å². The predicted octanol–water partition coefficient (Wildman–Crippen LogP) is 2.66. The molecule has 3 heterocycles. The van der Waals surface area contributed by atoms with Crippen LogP contribution in [0.2, 0.25) is 0 Å². The fourth-order valence-corrected chi connectivity index (χ4v) is 5.63. The van der Waals surface area contributed by atoms with E-state index in [0.717, 1.165) is 55.4 Å². The molecule has 4 rings (SSSR count). The first-order valence-corrected chi connectivity index (χ1v) is 10.3. The number of nitrogens with zero attached hydrogens (tertiary/aromatic N) is 2. The molecule has 1 saturated heterocycles. The number of anilines is 1. The van der Waals surface area contributed by atoms with E-state index in [-0.39, 0.29) is 11.3 Å². The number of piperidine rings is 1. The molecule has 130 valence electrons. The topological polar surface area (TPSA) is 75.4 Å². The van der Waals surface area contributed by atoms with E-state index >= 15 is 0 Å². The van der Waals surface area contributed by atoms with Gasteiger partial charge in [-0.1, -0.05) is 12.8 Å². The van der Waals surface area contributed by atoms with Crippen LogP contribution in [0.4, 0.5) is 5.82 Å². The van der Waals surface area contributed by atoms with Gasteiger partial charge in [-0.15, -0.1) is 0 Å². The van der Waals surface area contributed by atoms with Crippen molar-refractivity contribution in [2.75, 3.05) is 18.0 Å². The van der Waals surface area contributed by atoms with Gasteiger partial charge in [0.25, 0.3) is 0 Å². The summed E-state index contributed by atoms with van der Waals surface area (Å²) in [5, 5.41) is 0.565. The molecular formula is C17H23N3O3S. The molecule has 0 amide bonds. The van der Waals surface area contributed by atoms with Crippen molar-refractivity contribution in [2.24, 2.45) is 0 Å². The zero-order valence-electron chi connectivity index (χ0n) is 13.6. The summed E-state index contributed by atoms with van der Waals surface area (Å²) in [4.78, 5) is 6.56. The number of furan rings is 1. The number of rotatable bonds is 4. The van der Waals surface area contributed by atoms with Crippen molar-refractivity contribution in [1.82, 2.24) is 9.71 Å². The molecule has 0 bridgehead atoms. The summed E-state index contributed by atoms with van der Waals surface area (Å²) in [5.41, 5.74) is 0.786. The molecule has 1 atom stereocenters. The minimum Gasteiger partial charge on any atom is -0.464 e. The third kappa shape index (κ3) is 3.02. The lowest BCUT2D eigenvalue weighted by atomic mass is 10.1. The SMILES string of the molecule is O=S(=O)(NC1CCCC1)C1CCCN(c2nccc3occc23)C1. The van der Waals surface area contributed by atoms with E-state index in [0.29, 0.717) is 13.0 Å². The van der Waals surface area contributed by atoms with E-state index < -0.39 is 10.0 Å². The van der Waals surface area contributed by atoms with E-state index in [1.165, 1.54) is 0 Å². The highest BCUT2D eigenvalue weighted by atomic mass is 32.2. The van der Waals surface area contributed by atoms with Gasteiger partial charge in [0, 0.05) is 25.3 Å². The lowest BCUT2D eigenvalue weighted by molar-refractivity contribution is 0.505. The van der Waals surface area contributed by atoms with Crippen LogP contribution in [-0.4, -0.2) is 37.8 Å². The van der Waals surface area contributed by atoms with Crippen LogP contribution < -0.4 is 9.62 Å². The second-order valence-corrected chi connectivity index (χ2v) is 8.81. The molecule has 2 aromatic rings. The van der Waals surface area contributed by atoms with Crippen molar-refractivity contribution in [1.29, 1.82) is 0 Å². The van der Waals surface area contributed by atoms with Gasteiger partial charge in [-0.2, -0.15) is 0 Å². The number of pyridine rings is 1. The highest BCUT2D eigenvalue weighted by Gasteiger charge is 2.33. The predicted molar refractivity (Wildman–Crippen MR) is 93.6 cm³/mol. The molecule has 0 spiro atoms. The molecule has 0 radical (unpaired) electrons. The number of hydrogen-bond donors (Lipinski definition) is 1. The molecule has 1 aliphatic heterocycles. The summed E-state index contributed by atoms with van der Waals surface area (Å²) in [7, 11) is -3.29. The summed E-state index contributed by atoms with van der Waals surface area (Å²) < 4.78 is 33.9. The van der Waals surface area contributed by atoms with Crippen LogP contribution in [0.1, 0.15) is 38.5 Å². The Morgan fingerprint density at radius 2 is 2.00 bits per heavy atom. The van der Waals surface area contributed by atoms with Gasteiger partial charge >= 0.3 is 0 Å². The second-order valence-electron chi connectivity index (χ2n) is 6.82. The third-order valence-electron chi connectivity index (χ3n) is 5.16. The Kier molecular flexibility index (Phi) is 4.22. The smallest absolute Gasteiger partial charge is 0.216 e. The van der Waals surface area contributed by atoms with Crippen LogP contribution in [0.15, 0.2) is 29.0 Å². The molecule has 1 saturated carbocycles. The van der Waals surface area contributed by atoms with Gasteiger partial charge in [0.2, 0.25) is 10.0 Å². The van der Waals surface area contributed by atoms with E-state index in [4.69, 9.17) is 4.42 Å². The standard InChI is InChI=1S/C17H23N3O3S/c21-24(22,19-13-4-1-2-5-13)14-6-3-10-20(12-14)17-15-8-11-23-16(15)7-9-18-17/h7-9,11,13-14,19H,1-6,10,12H2. The zero-order valence-corrected chi connectivity index (χ0v) is 14.5. The van der Waals surface area contributed by atoms with Gasteiger partial charge in [-0.25, -0.2) is 18.1 Å². The van der Waals surface area contributed by atoms with E-state index in [1.807, 2.05) is 12.1 Å². The lowest BCUT2D eigenvalue weighted by Gasteiger charge is -2.34. The van der Waals surface area contributed by atoms with Crippen LogP contribution in [-0.2, 0) is 10.0 Å². The Morgan fingerprint density at radius 3 is 2.83 bits per heavy atom. The Balaban J connectivity index is 1.54. The fraction of sp³-hybridized carbons (Fsp3) is 0.588. The van der Waals surface area contributed by atoms with Crippen molar-refractivity contribution in [3.63, 3.8) is 0 Å². The molecule has 1 aliphatic carbocycles. The van der Waals surface area contributed by atoms with Crippen LogP contribution >= 0.6 is 0 Å². The monoisotopic (exact) mass is 349 g/mol. The van der Waals surface area contributed by atoms with Crippen molar-refractivity contribution in [3.05, 3.63) is 24.6 Å². The number of aromatic nitrogens is 1. The van der Waals surface area contributed by atoms with Crippen molar-refractivity contribution < 1.29 is 12.8 Å². The van der Waals surface area contributed by atoms with Gasteiger partial charge in [0.15, 0.2) is 0 Å². The zero-order chi connectivity index (χ0) is 16.6. The average molecular weight is 349 g/mol. The Labute approximate surface area is 142 Å². The van der Waals surface area contributed by atoms with Crippen molar-refractivity contribution >= 4 is 26.8 Å². The van der Waals surface area contributed by atoms with Gasteiger partial charge in [0.1, 0.15) is 11.4 Å². The third-order valence-corrected chi connectivity index (χ3v) is 7.09. The highest BCUT2D eigenvalue weighted by molar-refractivity contribution is 7.90. The fourth-order valence-electron chi connectivity index (χ4n) is 3.89. The number of fused-ring (bicyclic) bond motifs is 1. The van der Waals surface area contributed by atoms with Gasteiger partial charge < -0.3 is 9.32 Å². The van der Waals surface area contributed by atoms with Gasteiger partial charge in [0.05, 0.1) is 16.9 Å². The van der Waals surface area contributed by atoms with Crippen LogP contribution in [0.5, 0.6) is 0 Å². The Morgan fingerprint density at radius 1 is 1.17 bits per heavy atom. The maximum atomic E-state index is 12.8. The lowest BCUT2D eigenvalue weighted by Crippen LogP contribution is -2.48. The summed E-state index contributed by atoms with van der Waals surface area (Å²) in [6.07, 6.45) is 9.10. The van der Waals surface area contributed by atoms with Crippen LogP contribution in [0.25, 0.3) is 11.0 Å². The molecular weight excluding hydrogens is 326 g/mol. The number of sulfonamides is 1. The highest BCUT2D eigenvalue weighted by Crippen LogP contribution is 2.29. The van der Waals surface area contributed by atoms with Crippen LogP contribution in [0.3, 0.4) is 0 Å². The molecule has 0 aromatic carbocycles. The second kappa shape index (κ2) is 6.37. The normalized spacial score (nSPS) is 23.2. The molecule has 6 nitrogen and oxygen atoms in total. The van der Waals surface area contributed by atoms with E-state index in [1.54, 1.807) is 12.5 Å². The maximum absolute atomic E-state index is 12.8. The first kappa shape index (κ1) is 15.9. The molecule has 7 heteroatoms. The summed E-state index contributed by atoms with van der Waals surface area (Å²) in [5.74, 6) is 0.821. The summed E-state index contributed by atoms with van der Waals surface area (Å²) >= 11 is 0. The Bertz CT molecular complexity index is 811. The maximum Gasteiger partial charge on any atom is 0.216 e. The number of hydrogen-bond acceptors (Lipinski definition) is 5. The average Bonchev–Trinajstić information content (AvgIpc) is 3.25. The molecule has 1 N–H and O–H groups in total. The molecule has 2 aliphatic rings. The molecule has 1 unspecified atom stereocenters. The molecule has 2 fully saturated rings. The largest absolute Gasteiger partial charge is 0.464 e. The first-order valence-electron chi connectivity index (χ1n) is 8.72. The van der Waals surface area contributed by atoms with E-state index in [9.17, 15) is 8.42 Å². The number of nitrogens with one attached hydrogen (secondary N) is 1. The first-order chi connectivity index (χ1) is 11.6. The quantitative estimate of drug-likeness (QED) is 0.918.